The van der Waals surface area contributed by atoms with Crippen LogP contribution in [0.2, 0.25) is 0 Å². The number of amides is 1. The number of nitrogens with zero attached hydrogens (tertiary/aromatic N) is 2. The van der Waals surface area contributed by atoms with Crippen molar-refractivity contribution < 1.29 is 23.4 Å². The summed E-state index contributed by atoms with van der Waals surface area (Å²) >= 11 is 0. The standard InChI is InChI=1S/C15H20F2N2O3/c1-10(20)12-3-2-6-19(8-12)15(21)11-4-5-14(18-7-11)22-9-13(16)17/h4-5,7,10,12-13,20H,2-3,6,8-9H2,1H3. The Hall–Kier alpha value is -1.76. The summed E-state index contributed by atoms with van der Waals surface area (Å²) in [6.45, 7) is 2.17. The van der Waals surface area contributed by atoms with E-state index in [0.717, 1.165) is 12.8 Å². The molecule has 1 N–H and O–H groups in total. The average Bonchev–Trinajstić information content (AvgIpc) is 2.53. The van der Waals surface area contributed by atoms with Crippen LogP contribution in [0.5, 0.6) is 5.88 Å². The number of piperidine rings is 1. The Kier molecular flexibility index (Phi) is 5.65. The summed E-state index contributed by atoms with van der Waals surface area (Å²) in [6.07, 6.45) is 0.0761. The molecule has 1 saturated heterocycles. The van der Waals surface area contributed by atoms with Crippen LogP contribution in [-0.4, -0.2) is 53.1 Å². The molecule has 1 aliphatic heterocycles. The molecule has 0 aliphatic carbocycles. The second kappa shape index (κ2) is 7.49. The van der Waals surface area contributed by atoms with Crippen molar-refractivity contribution in [3.05, 3.63) is 23.9 Å². The summed E-state index contributed by atoms with van der Waals surface area (Å²) in [4.78, 5) is 17.9. The lowest BCUT2D eigenvalue weighted by molar-refractivity contribution is 0.0465. The minimum Gasteiger partial charge on any atom is -0.472 e. The molecule has 2 rings (SSSR count). The van der Waals surface area contributed by atoms with Crippen molar-refractivity contribution >= 4 is 5.91 Å². The highest BCUT2D eigenvalue weighted by Crippen LogP contribution is 2.21. The Morgan fingerprint density at radius 2 is 2.32 bits per heavy atom. The van der Waals surface area contributed by atoms with Crippen LogP contribution in [0.4, 0.5) is 8.78 Å². The van der Waals surface area contributed by atoms with Crippen LogP contribution in [0.15, 0.2) is 18.3 Å². The lowest BCUT2D eigenvalue weighted by atomic mass is 9.93. The Morgan fingerprint density at radius 1 is 1.55 bits per heavy atom. The predicted octanol–water partition coefficient (Wildman–Crippen LogP) is 1.96. The second-order valence-corrected chi connectivity index (χ2v) is 5.48. The molecule has 0 aromatic carbocycles. The fourth-order valence-corrected chi connectivity index (χ4v) is 2.51. The number of hydrogen-bond acceptors (Lipinski definition) is 4. The number of ether oxygens (including phenoxy) is 1. The number of halogens is 2. The first-order chi connectivity index (χ1) is 10.5. The average molecular weight is 314 g/mol. The van der Waals surface area contributed by atoms with Crippen molar-refractivity contribution in [1.82, 2.24) is 9.88 Å². The molecule has 1 fully saturated rings. The highest BCUT2D eigenvalue weighted by molar-refractivity contribution is 5.94. The molecule has 1 aromatic rings. The highest BCUT2D eigenvalue weighted by atomic mass is 19.3. The van der Waals surface area contributed by atoms with Crippen molar-refractivity contribution in [3.8, 4) is 5.88 Å². The van der Waals surface area contributed by atoms with Crippen LogP contribution >= 0.6 is 0 Å². The van der Waals surface area contributed by atoms with Gasteiger partial charge in [0.05, 0.1) is 11.7 Å². The van der Waals surface area contributed by atoms with Gasteiger partial charge >= 0.3 is 0 Å². The maximum atomic E-state index is 12.4. The smallest absolute Gasteiger partial charge is 0.272 e. The Balaban J connectivity index is 1.97. The van der Waals surface area contributed by atoms with Gasteiger partial charge in [0.15, 0.2) is 6.61 Å². The van der Waals surface area contributed by atoms with Crippen molar-refractivity contribution in [2.45, 2.75) is 32.3 Å². The van der Waals surface area contributed by atoms with E-state index in [1.54, 1.807) is 11.8 Å². The third kappa shape index (κ3) is 4.37. The maximum Gasteiger partial charge on any atom is 0.272 e. The zero-order valence-electron chi connectivity index (χ0n) is 12.4. The molecule has 0 saturated carbocycles. The summed E-state index contributed by atoms with van der Waals surface area (Å²) in [7, 11) is 0. The van der Waals surface area contributed by atoms with E-state index in [0.29, 0.717) is 18.7 Å². The van der Waals surface area contributed by atoms with Gasteiger partial charge in [-0.25, -0.2) is 13.8 Å². The van der Waals surface area contributed by atoms with E-state index < -0.39 is 19.1 Å². The van der Waals surface area contributed by atoms with Crippen LogP contribution in [-0.2, 0) is 0 Å². The molecule has 1 aromatic heterocycles. The monoisotopic (exact) mass is 314 g/mol. The molecule has 0 spiro atoms. The molecule has 2 unspecified atom stereocenters. The molecule has 1 amide bonds. The molecule has 0 bridgehead atoms. The van der Waals surface area contributed by atoms with E-state index in [1.807, 2.05) is 0 Å². The number of rotatable bonds is 5. The maximum absolute atomic E-state index is 12.4. The van der Waals surface area contributed by atoms with Gasteiger partial charge in [-0.3, -0.25) is 4.79 Å². The number of aliphatic hydroxyl groups excluding tert-OH is 1. The van der Waals surface area contributed by atoms with Crippen molar-refractivity contribution in [1.29, 1.82) is 0 Å². The van der Waals surface area contributed by atoms with Gasteiger partial charge in [-0.15, -0.1) is 0 Å². The summed E-state index contributed by atoms with van der Waals surface area (Å²) in [5.41, 5.74) is 0.385. The van der Waals surface area contributed by atoms with Crippen LogP contribution < -0.4 is 4.74 Å². The first-order valence-electron chi connectivity index (χ1n) is 7.31. The normalized spacial score (nSPS) is 20.0. The number of likely N-dealkylation sites (tertiary alicyclic amines) is 1. The number of aromatic nitrogens is 1. The quantitative estimate of drug-likeness (QED) is 0.902. The number of carbonyl (C=O) groups is 1. The zero-order valence-corrected chi connectivity index (χ0v) is 12.4. The molecule has 0 radical (unpaired) electrons. The van der Waals surface area contributed by atoms with Gasteiger partial charge in [0, 0.05) is 31.3 Å². The molecule has 122 valence electrons. The van der Waals surface area contributed by atoms with Gasteiger partial charge in [-0.2, -0.15) is 0 Å². The van der Waals surface area contributed by atoms with Gasteiger partial charge in [0.2, 0.25) is 5.88 Å². The molecule has 7 heteroatoms. The minimum atomic E-state index is -2.56. The topological polar surface area (TPSA) is 62.7 Å². The summed E-state index contributed by atoms with van der Waals surface area (Å²) in [5.74, 6) is -0.0186. The number of hydrogen-bond donors (Lipinski definition) is 1. The minimum absolute atomic E-state index is 0.0670. The Morgan fingerprint density at radius 3 is 2.91 bits per heavy atom. The summed E-state index contributed by atoms with van der Waals surface area (Å²) in [6, 6.07) is 2.92. The molecular formula is C15H20F2N2O3. The first-order valence-corrected chi connectivity index (χ1v) is 7.31. The van der Waals surface area contributed by atoms with Gasteiger partial charge in [-0.05, 0) is 25.8 Å². The van der Waals surface area contributed by atoms with Crippen LogP contribution in [0.1, 0.15) is 30.1 Å². The third-order valence-electron chi connectivity index (χ3n) is 3.77. The number of alkyl halides is 2. The summed E-state index contributed by atoms with van der Waals surface area (Å²) < 4.78 is 28.9. The lowest BCUT2D eigenvalue weighted by Gasteiger charge is -2.34. The van der Waals surface area contributed by atoms with E-state index in [-0.39, 0.29) is 17.7 Å². The predicted molar refractivity (Wildman–Crippen MR) is 76.0 cm³/mol. The van der Waals surface area contributed by atoms with Crippen LogP contribution in [0, 0.1) is 5.92 Å². The number of aliphatic hydroxyl groups is 1. The van der Waals surface area contributed by atoms with Crippen LogP contribution in [0.3, 0.4) is 0 Å². The van der Waals surface area contributed by atoms with E-state index >= 15 is 0 Å². The van der Waals surface area contributed by atoms with Crippen LogP contribution in [0.25, 0.3) is 0 Å². The second-order valence-electron chi connectivity index (χ2n) is 5.48. The molecule has 22 heavy (non-hydrogen) atoms. The van der Waals surface area contributed by atoms with Gasteiger partial charge in [-0.1, -0.05) is 0 Å². The SMILES string of the molecule is CC(O)C1CCCN(C(=O)c2ccc(OCC(F)F)nc2)C1. The highest BCUT2D eigenvalue weighted by Gasteiger charge is 2.27. The third-order valence-corrected chi connectivity index (χ3v) is 3.77. The van der Waals surface area contributed by atoms with Gasteiger partial charge in [0.25, 0.3) is 12.3 Å². The molecule has 5 nitrogen and oxygen atoms in total. The number of pyridine rings is 1. The van der Waals surface area contributed by atoms with Crippen molar-refractivity contribution in [3.63, 3.8) is 0 Å². The van der Waals surface area contributed by atoms with E-state index in [1.165, 1.54) is 18.3 Å². The summed E-state index contributed by atoms with van der Waals surface area (Å²) in [5, 5.41) is 9.66. The van der Waals surface area contributed by atoms with E-state index in [9.17, 15) is 18.7 Å². The van der Waals surface area contributed by atoms with E-state index in [2.05, 4.69) is 4.98 Å². The number of carbonyl (C=O) groups excluding carboxylic acids is 1. The fourth-order valence-electron chi connectivity index (χ4n) is 2.51. The van der Waals surface area contributed by atoms with Crippen molar-refractivity contribution in [2.75, 3.05) is 19.7 Å². The van der Waals surface area contributed by atoms with Crippen molar-refractivity contribution in [2.24, 2.45) is 5.92 Å². The zero-order chi connectivity index (χ0) is 16.1. The first kappa shape index (κ1) is 16.6. The van der Waals surface area contributed by atoms with E-state index in [4.69, 9.17) is 4.74 Å². The molecule has 2 atom stereocenters. The van der Waals surface area contributed by atoms with Gasteiger partial charge in [0.1, 0.15) is 0 Å². The lowest BCUT2D eigenvalue weighted by Crippen LogP contribution is -2.42. The molecule has 1 aliphatic rings. The fraction of sp³-hybridized carbons (Fsp3) is 0.600. The molecule has 2 heterocycles. The molecular weight excluding hydrogens is 294 g/mol. The Bertz CT molecular complexity index is 494. The largest absolute Gasteiger partial charge is 0.472 e. The Labute approximate surface area is 127 Å². The van der Waals surface area contributed by atoms with Gasteiger partial charge < -0.3 is 14.7 Å².